The molecule has 3 aromatic heterocycles. The van der Waals surface area contributed by atoms with Crippen molar-refractivity contribution >= 4 is 0 Å². The number of methoxy groups -OCH3 is 1. The molecule has 0 fully saturated rings. The van der Waals surface area contributed by atoms with Crippen molar-refractivity contribution in [3.05, 3.63) is 70.2 Å². The van der Waals surface area contributed by atoms with Crippen LogP contribution in [0.25, 0.3) is 11.4 Å². The van der Waals surface area contributed by atoms with Crippen molar-refractivity contribution in [2.45, 2.75) is 19.5 Å². The van der Waals surface area contributed by atoms with E-state index >= 15 is 0 Å². The second kappa shape index (κ2) is 7.05. The van der Waals surface area contributed by atoms with Gasteiger partial charge in [-0.3, -0.25) is 19.7 Å². The summed E-state index contributed by atoms with van der Waals surface area (Å²) in [7, 11) is 1.63. The van der Waals surface area contributed by atoms with Gasteiger partial charge >= 0.3 is 0 Å². The molecule has 0 aliphatic carbocycles. The topological polar surface area (TPSA) is 84.0 Å². The van der Waals surface area contributed by atoms with E-state index in [4.69, 9.17) is 4.74 Å². The normalized spacial score (nSPS) is 14.0. The molecule has 0 radical (unpaired) electrons. The van der Waals surface area contributed by atoms with Gasteiger partial charge in [-0.2, -0.15) is 0 Å². The van der Waals surface area contributed by atoms with Gasteiger partial charge in [-0.05, 0) is 23.8 Å². The Morgan fingerprint density at radius 2 is 2.19 bits per heavy atom. The molecule has 0 unspecified atom stereocenters. The standard InChI is InChI=1S/C19H19N5O2/c1-26-15-7-13(8-21-10-15)11-24-6-4-17-16(12-24)19(25)23-18(22-17)14-3-2-5-20-9-14/h2-3,5,7-10H,4,6,11-12H2,1H3,(H,22,23,25). The minimum Gasteiger partial charge on any atom is -0.495 e. The molecule has 0 atom stereocenters. The number of aromatic nitrogens is 4. The predicted octanol–water partition coefficient (Wildman–Crippen LogP) is 1.79. The lowest BCUT2D eigenvalue weighted by atomic mass is 10.1. The van der Waals surface area contributed by atoms with E-state index in [-0.39, 0.29) is 5.56 Å². The van der Waals surface area contributed by atoms with Crippen molar-refractivity contribution in [1.82, 2.24) is 24.8 Å². The summed E-state index contributed by atoms with van der Waals surface area (Å²) in [6.45, 7) is 2.13. The lowest BCUT2D eigenvalue weighted by Crippen LogP contribution is -2.35. The van der Waals surface area contributed by atoms with E-state index in [1.54, 1.807) is 25.7 Å². The average Bonchev–Trinajstić information content (AvgIpc) is 2.69. The molecule has 0 amide bonds. The second-order valence-corrected chi connectivity index (χ2v) is 6.28. The van der Waals surface area contributed by atoms with Crippen LogP contribution < -0.4 is 10.3 Å². The Hall–Kier alpha value is -3.06. The Kier molecular flexibility index (Phi) is 4.45. The van der Waals surface area contributed by atoms with Crippen LogP contribution in [-0.4, -0.2) is 38.5 Å². The third-order valence-electron chi connectivity index (χ3n) is 4.49. The summed E-state index contributed by atoms with van der Waals surface area (Å²) in [5.41, 5.74) is 3.40. The summed E-state index contributed by atoms with van der Waals surface area (Å²) in [5, 5.41) is 0. The van der Waals surface area contributed by atoms with Crippen LogP contribution in [0, 0.1) is 0 Å². The molecule has 0 aromatic carbocycles. The van der Waals surface area contributed by atoms with Crippen molar-refractivity contribution in [2.24, 2.45) is 0 Å². The van der Waals surface area contributed by atoms with Gasteiger partial charge in [0.1, 0.15) is 11.6 Å². The molecule has 3 aromatic rings. The van der Waals surface area contributed by atoms with Crippen LogP contribution in [0.5, 0.6) is 5.75 Å². The zero-order valence-electron chi connectivity index (χ0n) is 14.5. The summed E-state index contributed by atoms with van der Waals surface area (Å²) in [5.74, 6) is 1.31. The van der Waals surface area contributed by atoms with Crippen molar-refractivity contribution in [3.8, 4) is 17.1 Å². The summed E-state index contributed by atoms with van der Waals surface area (Å²) in [6.07, 6.45) is 7.65. The molecule has 7 nitrogen and oxygen atoms in total. The fraction of sp³-hybridized carbons (Fsp3) is 0.263. The third kappa shape index (κ3) is 3.34. The molecule has 1 aliphatic rings. The lowest BCUT2D eigenvalue weighted by molar-refractivity contribution is 0.241. The first kappa shape index (κ1) is 16.4. The fourth-order valence-electron chi connectivity index (χ4n) is 3.18. The SMILES string of the molecule is COc1cncc(CN2CCc3nc(-c4cccnc4)[nH]c(=O)c3C2)c1. The summed E-state index contributed by atoms with van der Waals surface area (Å²) in [6, 6.07) is 5.69. The van der Waals surface area contributed by atoms with Gasteiger partial charge in [-0.25, -0.2) is 4.98 Å². The minimum absolute atomic E-state index is 0.0812. The van der Waals surface area contributed by atoms with E-state index in [1.165, 1.54) is 0 Å². The van der Waals surface area contributed by atoms with E-state index in [0.717, 1.165) is 41.1 Å². The average molecular weight is 349 g/mol. The van der Waals surface area contributed by atoms with Gasteiger partial charge in [-0.15, -0.1) is 0 Å². The molecular weight excluding hydrogens is 330 g/mol. The maximum absolute atomic E-state index is 12.6. The molecule has 0 saturated carbocycles. The van der Waals surface area contributed by atoms with Gasteiger partial charge < -0.3 is 9.72 Å². The van der Waals surface area contributed by atoms with Crippen molar-refractivity contribution in [2.75, 3.05) is 13.7 Å². The fourth-order valence-corrected chi connectivity index (χ4v) is 3.18. The van der Waals surface area contributed by atoms with Gasteiger partial charge in [0, 0.05) is 50.2 Å². The van der Waals surface area contributed by atoms with Crippen molar-refractivity contribution in [1.29, 1.82) is 0 Å². The molecule has 1 N–H and O–H groups in total. The molecule has 132 valence electrons. The van der Waals surface area contributed by atoms with Crippen LogP contribution in [0.4, 0.5) is 0 Å². The molecule has 4 heterocycles. The summed E-state index contributed by atoms with van der Waals surface area (Å²) in [4.78, 5) is 30.6. The van der Waals surface area contributed by atoms with Gasteiger partial charge in [0.25, 0.3) is 5.56 Å². The minimum atomic E-state index is -0.0812. The lowest BCUT2D eigenvalue weighted by Gasteiger charge is -2.27. The highest BCUT2D eigenvalue weighted by Gasteiger charge is 2.21. The number of nitrogens with zero attached hydrogens (tertiary/aromatic N) is 4. The van der Waals surface area contributed by atoms with Crippen LogP contribution in [0.1, 0.15) is 16.8 Å². The second-order valence-electron chi connectivity index (χ2n) is 6.28. The number of ether oxygens (including phenoxy) is 1. The molecule has 7 heteroatoms. The van der Waals surface area contributed by atoms with Crippen LogP contribution in [0.15, 0.2) is 47.8 Å². The van der Waals surface area contributed by atoms with Crippen molar-refractivity contribution < 1.29 is 4.74 Å². The maximum Gasteiger partial charge on any atom is 0.255 e. The largest absolute Gasteiger partial charge is 0.495 e. The number of nitrogens with one attached hydrogen (secondary N) is 1. The Balaban J connectivity index is 1.56. The Bertz CT molecular complexity index is 971. The number of rotatable bonds is 4. The molecule has 0 spiro atoms. The molecule has 4 rings (SSSR count). The summed E-state index contributed by atoms with van der Waals surface area (Å²) >= 11 is 0. The zero-order valence-corrected chi connectivity index (χ0v) is 14.5. The molecule has 26 heavy (non-hydrogen) atoms. The number of hydrogen-bond donors (Lipinski definition) is 1. The van der Waals surface area contributed by atoms with Gasteiger partial charge in [0.15, 0.2) is 0 Å². The van der Waals surface area contributed by atoms with Gasteiger partial charge in [0.05, 0.1) is 24.6 Å². The highest BCUT2D eigenvalue weighted by atomic mass is 16.5. The Morgan fingerprint density at radius 1 is 1.27 bits per heavy atom. The summed E-state index contributed by atoms with van der Waals surface area (Å²) < 4.78 is 5.22. The van der Waals surface area contributed by atoms with E-state index in [0.29, 0.717) is 18.9 Å². The quantitative estimate of drug-likeness (QED) is 0.773. The Labute approximate surface area is 150 Å². The molecular formula is C19H19N5O2. The molecule has 1 aliphatic heterocycles. The van der Waals surface area contributed by atoms with Crippen LogP contribution in [0.2, 0.25) is 0 Å². The number of aromatic amines is 1. The number of fused-ring (bicyclic) bond motifs is 1. The van der Waals surface area contributed by atoms with Crippen LogP contribution in [0.3, 0.4) is 0 Å². The molecule has 0 bridgehead atoms. The van der Waals surface area contributed by atoms with Gasteiger partial charge in [0.2, 0.25) is 0 Å². The first-order valence-electron chi connectivity index (χ1n) is 8.45. The number of pyridine rings is 2. The third-order valence-corrected chi connectivity index (χ3v) is 4.49. The number of hydrogen-bond acceptors (Lipinski definition) is 6. The van der Waals surface area contributed by atoms with E-state index in [9.17, 15) is 4.79 Å². The maximum atomic E-state index is 12.6. The van der Waals surface area contributed by atoms with Gasteiger partial charge in [-0.1, -0.05) is 0 Å². The first-order chi connectivity index (χ1) is 12.7. The highest BCUT2D eigenvalue weighted by molar-refractivity contribution is 5.53. The van der Waals surface area contributed by atoms with E-state index in [1.807, 2.05) is 24.4 Å². The van der Waals surface area contributed by atoms with E-state index < -0.39 is 0 Å². The number of H-pyrrole nitrogens is 1. The smallest absolute Gasteiger partial charge is 0.255 e. The predicted molar refractivity (Wildman–Crippen MR) is 96.7 cm³/mol. The van der Waals surface area contributed by atoms with Crippen molar-refractivity contribution in [3.63, 3.8) is 0 Å². The zero-order chi connectivity index (χ0) is 17.9. The Morgan fingerprint density at radius 3 is 3.00 bits per heavy atom. The van der Waals surface area contributed by atoms with Crippen LogP contribution in [-0.2, 0) is 19.5 Å². The monoisotopic (exact) mass is 349 g/mol. The highest BCUT2D eigenvalue weighted by Crippen LogP contribution is 2.20. The first-order valence-corrected chi connectivity index (χ1v) is 8.45. The van der Waals surface area contributed by atoms with E-state index in [2.05, 4.69) is 24.8 Å². The molecule has 0 saturated heterocycles. The van der Waals surface area contributed by atoms with Crippen LogP contribution >= 0.6 is 0 Å².